The standard InChI is InChI=1S/C24H29FN4O2/c1-14-19(24(31)27-23-21(14)15(2)28-29(23)3)12-13-20(30)26-22(16-6-4-5-7-16)17-8-10-18(25)11-9-17/h8-11,16,22H,4-7,12-13H2,1-3H3,(H,26,30)(H,27,31). The number of carbonyl (C=O) groups excluding carboxylic acids is 1. The van der Waals surface area contributed by atoms with Crippen molar-refractivity contribution in [2.75, 3.05) is 0 Å². The van der Waals surface area contributed by atoms with E-state index in [-0.39, 0.29) is 29.7 Å². The number of benzene rings is 1. The third kappa shape index (κ3) is 4.27. The number of hydrogen-bond acceptors (Lipinski definition) is 3. The van der Waals surface area contributed by atoms with Crippen LogP contribution in [-0.2, 0) is 18.3 Å². The van der Waals surface area contributed by atoms with E-state index in [0.29, 0.717) is 23.5 Å². The number of aromatic amines is 1. The van der Waals surface area contributed by atoms with E-state index in [4.69, 9.17) is 0 Å². The Hall–Kier alpha value is -2.96. The zero-order chi connectivity index (χ0) is 22.1. The van der Waals surface area contributed by atoms with Crippen molar-refractivity contribution in [3.8, 4) is 0 Å². The van der Waals surface area contributed by atoms with Gasteiger partial charge in [0.15, 0.2) is 0 Å². The molecule has 164 valence electrons. The molecule has 1 atom stereocenters. The molecule has 3 aromatic rings. The topological polar surface area (TPSA) is 79.8 Å². The first-order valence-corrected chi connectivity index (χ1v) is 10.9. The van der Waals surface area contributed by atoms with Gasteiger partial charge in [0.25, 0.3) is 5.56 Å². The maximum Gasteiger partial charge on any atom is 0.253 e. The number of nitrogens with zero attached hydrogens (tertiary/aromatic N) is 2. The van der Waals surface area contributed by atoms with E-state index in [1.165, 1.54) is 12.1 Å². The van der Waals surface area contributed by atoms with Crippen molar-refractivity contribution >= 4 is 16.9 Å². The monoisotopic (exact) mass is 424 g/mol. The molecule has 1 unspecified atom stereocenters. The Kier molecular flexibility index (Phi) is 5.94. The van der Waals surface area contributed by atoms with Crippen LogP contribution >= 0.6 is 0 Å². The molecule has 2 N–H and O–H groups in total. The second-order valence-electron chi connectivity index (χ2n) is 8.63. The van der Waals surface area contributed by atoms with Crippen LogP contribution in [0.1, 0.15) is 60.5 Å². The number of rotatable bonds is 6. The van der Waals surface area contributed by atoms with E-state index in [2.05, 4.69) is 15.4 Å². The van der Waals surface area contributed by atoms with Crippen LogP contribution in [0.5, 0.6) is 0 Å². The molecule has 0 aliphatic heterocycles. The molecule has 1 aromatic carbocycles. The Labute approximate surface area is 180 Å². The Morgan fingerprint density at radius 3 is 2.61 bits per heavy atom. The molecule has 1 aliphatic rings. The quantitative estimate of drug-likeness (QED) is 0.628. The highest BCUT2D eigenvalue weighted by Crippen LogP contribution is 2.36. The maximum absolute atomic E-state index is 13.4. The molecule has 0 saturated heterocycles. The number of carbonyl (C=O) groups is 1. The molecule has 4 rings (SSSR count). The summed E-state index contributed by atoms with van der Waals surface area (Å²) in [5.41, 5.74) is 3.82. The van der Waals surface area contributed by atoms with Crippen molar-refractivity contribution in [3.63, 3.8) is 0 Å². The summed E-state index contributed by atoms with van der Waals surface area (Å²) in [7, 11) is 1.80. The summed E-state index contributed by atoms with van der Waals surface area (Å²) in [5.74, 6) is -0.0204. The third-order valence-electron chi connectivity index (χ3n) is 6.57. The fourth-order valence-corrected chi connectivity index (χ4v) is 4.97. The molecule has 7 heteroatoms. The molecule has 6 nitrogen and oxygen atoms in total. The molecule has 0 radical (unpaired) electrons. The number of nitrogens with one attached hydrogen (secondary N) is 2. The zero-order valence-electron chi connectivity index (χ0n) is 18.3. The fourth-order valence-electron chi connectivity index (χ4n) is 4.97. The van der Waals surface area contributed by atoms with Crippen molar-refractivity contribution in [2.24, 2.45) is 13.0 Å². The number of amides is 1. The average molecular weight is 425 g/mol. The minimum absolute atomic E-state index is 0.0944. The average Bonchev–Trinajstić information content (AvgIpc) is 3.35. The first-order valence-electron chi connectivity index (χ1n) is 10.9. The minimum Gasteiger partial charge on any atom is -0.349 e. The summed E-state index contributed by atoms with van der Waals surface area (Å²) in [4.78, 5) is 28.4. The number of H-pyrrole nitrogens is 1. The van der Waals surface area contributed by atoms with Crippen molar-refractivity contribution in [3.05, 3.63) is 62.8 Å². The molecular formula is C24H29FN4O2. The Balaban J connectivity index is 1.52. The smallest absolute Gasteiger partial charge is 0.253 e. The number of fused-ring (bicyclic) bond motifs is 1. The molecule has 1 saturated carbocycles. The molecule has 0 bridgehead atoms. The first-order chi connectivity index (χ1) is 14.8. The van der Waals surface area contributed by atoms with Crippen molar-refractivity contribution in [2.45, 2.75) is 58.4 Å². The SMILES string of the molecule is Cc1nn(C)c2[nH]c(=O)c(CCC(=O)NC(c3ccc(F)cc3)C3CCCC3)c(C)c12. The predicted octanol–water partition coefficient (Wildman–Crippen LogP) is 4.00. The van der Waals surface area contributed by atoms with Gasteiger partial charge < -0.3 is 10.3 Å². The normalized spacial score (nSPS) is 15.5. The Bertz CT molecular complexity index is 1160. The lowest BCUT2D eigenvalue weighted by atomic mass is 9.91. The zero-order valence-corrected chi connectivity index (χ0v) is 18.3. The molecule has 1 aliphatic carbocycles. The van der Waals surface area contributed by atoms with Gasteiger partial charge in [0.1, 0.15) is 11.5 Å². The van der Waals surface area contributed by atoms with Gasteiger partial charge in [-0.3, -0.25) is 14.3 Å². The van der Waals surface area contributed by atoms with Gasteiger partial charge in [-0.05, 0) is 62.3 Å². The van der Waals surface area contributed by atoms with E-state index < -0.39 is 0 Å². The number of aromatic nitrogens is 3. The second kappa shape index (κ2) is 8.65. The van der Waals surface area contributed by atoms with E-state index in [1.54, 1.807) is 23.9 Å². The van der Waals surface area contributed by atoms with Crippen LogP contribution < -0.4 is 10.9 Å². The molecular weight excluding hydrogens is 395 g/mol. The van der Waals surface area contributed by atoms with Gasteiger partial charge >= 0.3 is 0 Å². The van der Waals surface area contributed by atoms with Crippen molar-refractivity contribution < 1.29 is 9.18 Å². The number of aryl methyl sites for hydroxylation is 3. The molecule has 31 heavy (non-hydrogen) atoms. The van der Waals surface area contributed by atoms with Gasteiger partial charge in [0, 0.05) is 24.4 Å². The molecule has 0 spiro atoms. The molecule has 2 aromatic heterocycles. The Morgan fingerprint density at radius 1 is 1.26 bits per heavy atom. The lowest BCUT2D eigenvalue weighted by molar-refractivity contribution is -0.122. The summed E-state index contributed by atoms with van der Waals surface area (Å²) < 4.78 is 15.1. The van der Waals surface area contributed by atoms with Crippen LogP contribution in [0.25, 0.3) is 11.0 Å². The van der Waals surface area contributed by atoms with Crippen LogP contribution in [0.15, 0.2) is 29.1 Å². The van der Waals surface area contributed by atoms with Gasteiger partial charge in [0.05, 0.1) is 11.7 Å². The lowest BCUT2D eigenvalue weighted by Gasteiger charge is -2.25. The lowest BCUT2D eigenvalue weighted by Crippen LogP contribution is -2.33. The number of hydrogen-bond donors (Lipinski definition) is 2. The van der Waals surface area contributed by atoms with Gasteiger partial charge in [0.2, 0.25) is 5.91 Å². The first kappa shape index (κ1) is 21.3. The molecule has 2 heterocycles. The van der Waals surface area contributed by atoms with Crippen LogP contribution in [0.2, 0.25) is 0 Å². The van der Waals surface area contributed by atoms with Crippen LogP contribution in [-0.4, -0.2) is 20.7 Å². The van der Waals surface area contributed by atoms with Crippen LogP contribution in [0, 0.1) is 25.6 Å². The highest BCUT2D eigenvalue weighted by Gasteiger charge is 2.28. The third-order valence-corrected chi connectivity index (χ3v) is 6.57. The van der Waals surface area contributed by atoms with E-state index in [1.807, 2.05) is 13.8 Å². The predicted molar refractivity (Wildman–Crippen MR) is 118 cm³/mol. The van der Waals surface area contributed by atoms with E-state index in [9.17, 15) is 14.0 Å². The van der Waals surface area contributed by atoms with Crippen LogP contribution in [0.3, 0.4) is 0 Å². The van der Waals surface area contributed by atoms with Gasteiger partial charge in [-0.1, -0.05) is 25.0 Å². The summed E-state index contributed by atoms with van der Waals surface area (Å²) >= 11 is 0. The minimum atomic E-state index is -0.281. The Morgan fingerprint density at radius 2 is 1.94 bits per heavy atom. The van der Waals surface area contributed by atoms with Gasteiger partial charge in [-0.25, -0.2) is 4.39 Å². The van der Waals surface area contributed by atoms with Crippen molar-refractivity contribution in [1.29, 1.82) is 0 Å². The molecule has 1 fully saturated rings. The number of pyridine rings is 1. The summed E-state index contributed by atoms with van der Waals surface area (Å²) in [6.07, 6.45) is 4.99. The number of halogens is 1. The van der Waals surface area contributed by atoms with Gasteiger partial charge in [-0.15, -0.1) is 0 Å². The van der Waals surface area contributed by atoms with Crippen LogP contribution in [0.4, 0.5) is 4.39 Å². The van der Waals surface area contributed by atoms with Gasteiger partial charge in [-0.2, -0.15) is 5.10 Å². The second-order valence-corrected chi connectivity index (χ2v) is 8.63. The molecule has 1 amide bonds. The van der Waals surface area contributed by atoms with E-state index >= 15 is 0 Å². The van der Waals surface area contributed by atoms with E-state index in [0.717, 1.165) is 47.9 Å². The summed E-state index contributed by atoms with van der Waals surface area (Å²) in [6.45, 7) is 3.83. The largest absolute Gasteiger partial charge is 0.349 e. The summed E-state index contributed by atoms with van der Waals surface area (Å²) in [6, 6.07) is 6.27. The highest BCUT2D eigenvalue weighted by atomic mass is 19.1. The summed E-state index contributed by atoms with van der Waals surface area (Å²) in [5, 5.41) is 8.50. The fraction of sp³-hybridized carbons (Fsp3) is 0.458. The van der Waals surface area contributed by atoms with Crippen molar-refractivity contribution in [1.82, 2.24) is 20.1 Å². The highest BCUT2D eigenvalue weighted by molar-refractivity contribution is 5.83. The maximum atomic E-state index is 13.4.